The highest BCUT2D eigenvalue weighted by Gasteiger charge is 2.23. The number of hydrogen-bond donors (Lipinski definition) is 1. The SMILES string of the molecule is CCc1cc(-c2c3ccccc3c(Br)c3sc(C)c(C)c23)ccc1O[C@H](Cc1ccccc1)C(=O)O. The van der Waals surface area contributed by atoms with Crippen LogP contribution in [-0.4, -0.2) is 17.2 Å². The van der Waals surface area contributed by atoms with Gasteiger partial charge >= 0.3 is 5.97 Å². The number of fused-ring (bicyclic) bond motifs is 2. The molecule has 0 saturated heterocycles. The van der Waals surface area contributed by atoms with Gasteiger partial charge in [-0.25, -0.2) is 4.79 Å². The Hall–Kier alpha value is -3.15. The fraction of sp³-hybridized carbons (Fsp3) is 0.194. The van der Waals surface area contributed by atoms with E-state index >= 15 is 0 Å². The Kier molecular flexibility index (Phi) is 6.87. The lowest BCUT2D eigenvalue weighted by Gasteiger charge is -2.19. The molecule has 0 fully saturated rings. The summed E-state index contributed by atoms with van der Waals surface area (Å²) in [7, 11) is 0. The van der Waals surface area contributed by atoms with Gasteiger partial charge in [-0.05, 0) is 86.9 Å². The minimum Gasteiger partial charge on any atom is -0.478 e. The van der Waals surface area contributed by atoms with Crippen LogP contribution >= 0.6 is 27.3 Å². The third kappa shape index (κ3) is 4.42. The lowest BCUT2D eigenvalue weighted by Crippen LogP contribution is -2.29. The highest BCUT2D eigenvalue weighted by Crippen LogP contribution is 2.47. The first kappa shape index (κ1) is 24.5. The number of benzene rings is 4. The molecule has 5 heteroatoms. The monoisotopic (exact) mass is 558 g/mol. The van der Waals surface area contributed by atoms with E-state index in [0.717, 1.165) is 27.6 Å². The Morgan fingerprint density at radius 1 is 1.00 bits per heavy atom. The van der Waals surface area contributed by atoms with Gasteiger partial charge in [0.2, 0.25) is 0 Å². The molecule has 1 N–H and O–H groups in total. The van der Waals surface area contributed by atoms with E-state index in [9.17, 15) is 9.90 Å². The van der Waals surface area contributed by atoms with Crippen LogP contribution in [0.3, 0.4) is 0 Å². The summed E-state index contributed by atoms with van der Waals surface area (Å²) in [5.41, 5.74) is 5.56. The lowest BCUT2D eigenvalue weighted by atomic mass is 9.91. The molecule has 0 aliphatic carbocycles. The Balaban J connectivity index is 1.62. The van der Waals surface area contributed by atoms with E-state index in [1.807, 2.05) is 47.7 Å². The van der Waals surface area contributed by atoms with Crippen molar-refractivity contribution in [3.05, 3.63) is 98.8 Å². The van der Waals surface area contributed by atoms with Gasteiger partial charge in [0.25, 0.3) is 0 Å². The van der Waals surface area contributed by atoms with E-state index in [1.165, 1.54) is 36.9 Å². The van der Waals surface area contributed by atoms with Gasteiger partial charge in [0, 0.05) is 21.2 Å². The van der Waals surface area contributed by atoms with E-state index in [-0.39, 0.29) is 0 Å². The summed E-state index contributed by atoms with van der Waals surface area (Å²) in [6, 6.07) is 24.3. The van der Waals surface area contributed by atoms with Crippen LogP contribution in [0, 0.1) is 13.8 Å². The van der Waals surface area contributed by atoms with E-state index < -0.39 is 12.1 Å². The van der Waals surface area contributed by atoms with Crippen molar-refractivity contribution in [1.29, 1.82) is 0 Å². The number of halogens is 1. The second-order valence-electron chi connectivity index (χ2n) is 9.03. The van der Waals surface area contributed by atoms with E-state index in [1.54, 1.807) is 0 Å². The zero-order chi connectivity index (χ0) is 25.4. The van der Waals surface area contributed by atoms with Crippen molar-refractivity contribution in [2.75, 3.05) is 0 Å². The molecule has 182 valence electrons. The fourth-order valence-corrected chi connectivity index (χ4v) is 6.72. The Bertz CT molecular complexity index is 1590. The number of rotatable bonds is 7. The second kappa shape index (κ2) is 10.1. The molecule has 0 amide bonds. The van der Waals surface area contributed by atoms with Crippen LogP contribution in [0.25, 0.3) is 32.0 Å². The summed E-state index contributed by atoms with van der Waals surface area (Å²) in [5, 5.41) is 13.5. The standard InChI is InChI=1S/C31H27BrO3S/c1-4-21-17-22(14-15-25(21)35-26(31(33)34)16-20-10-6-5-7-11-20)28-23-12-8-9-13-24(23)29(32)30-27(28)18(2)19(3)36-30/h5-15,17,26H,4,16H2,1-3H3,(H,33,34)/t26-/m1/s1. The largest absolute Gasteiger partial charge is 0.478 e. The first-order chi connectivity index (χ1) is 17.4. The zero-order valence-electron chi connectivity index (χ0n) is 20.5. The Labute approximate surface area is 223 Å². The van der Waals surface area contributed by atoms with Gasteiger partial charge in [0.05, 0.1) is 4.70 Å². The maximum atomic E-state index is 12.0. The van der Waals surface area contributed by atoms with Crippen LogP contribution < -0.4 is 4.74 Å². The van der Waals surface area contributed by atoms with Gasteiger partial charge in [0.15, 0.2) is 6.10 Å². The second-order valence-corrected chi connectivity index (χ2v) is 11.1. The maximum absolute atomic E-state index is 12.0. The van der Waals surface area contributed by atoms with Crippen LogP contribution in [-0.2, 0) is 17.6 Å². The molecular formula is C31H27BrO3S. The van der Waals surface area contributed by atoms with Crippen LogP contribution in [0.4, 0.5) is 0 Å². The highest BCUT2D eigenvalue weighted by atomic mass is 79.9. The third-order valence-electron chi connectivity index (χ3n) is 6.81. The Morgan fingerprint density at radius 2 is 1.69 bits per heavy atom. The van der Waals surface area contributed by atoms with Crippen molar-refractivity contribution in [2.45, 2.75) is 39.7 Å². The van der Waals surface area contributed by atoms with Crippen LogP contribution in [0.5, 0.6) is 5.75 Å². The smallest absolute Gasteiger partial charge is 0.345 e. The predicted octanol–water partition coefficient (Wildman–Crippen LogP) is 8.74. The minimum atomic E-state index is -0.963. The van der Waals surface area contributed by atoms with Crippen molar-refractivity contribution in [1.82, 2.24) is 0 Å². The minimum absolute atomic E-state index is 0.312. The van der Waals surface area contributed by atoms with Crippen molar-refractivity contribution >= 4 is 54.1 Å². The molecule has 0 aliphatic rings. The molecule has 5 aromatic rings. The van der Waals surface area contributed by atoms with E-state index in [2.05, 4.69) is 73.1 Å². The first-order valence-corrected chi connectivity index (χ1v) is 13.7. The number of thiophene rings is 1. The van der Waals surface area contributed by atoms with Crippen molar-refractivity contribution in [2.24, 2.45) is 0 Å². The molecular weight excluding hydrogens is 532 g/mol. The summed E-state index contributed by atoms with van der Waals surface area (Å²) in [6.45, 7) is 6.44. The number of ether oxygens (including phenoxy) is 1. The molecule has 0 spiro atoms. The van der Waals surface area contributed by atoms with Crippen molar-refractivity contribution in [3.8, 4) is 16.9 Å². The van der Waals surface area contributed by atoms with Gasteiger partial charge in [-0.15, -0.1) is 11.3 Å². The average molecular weight is 560 g/mol. The number of carbonyl (C=O) groups is 1. The van der Waals surface area contributed by atoms with Gasteiger partial charge in [-0.3, -0.25) is 0 Å². The molecule has 0 bridgehead atoms. The maximum Gasteiger partial charge on any atom is 0.345 e. The van der Waals surface area contributed by atoms with Gasteiger partial charge in [-0.2, -0.15) is 0 Å². The predicted molar refractivity (Wildman–Crippen MR) is 154 cm³/mol. The Morgan fingerprint density at radius 3 is 2.39 bits per heavy atom. The van der Waals surface area contributed by atoms with E-state index in [0.29, 0.717) is 12.2 Å². The lowest BCUT2D eigenvalue weighted by molar-refractivity contribution is -0.145. The summed E-state index contributed by atoms with van der Waals surface area (Å²) in [6.07, 6.45) is 0.0949. The summed E-state index contributed by atoms with van der Waals surface area (Å²) in [4.78, 5) is 13.3. The summed E-state index contributed by atoms with van der Waals surface area (Å²) in [5.74, 6) is -0.338. The number of aryl methyl sites for hydroxylation is 3. The topological polar surface area (TPSA) is 46.5 Å². The van der Waals surface area contributed by atoms with Crippen molar-refractivity contribution < 1.29 is 14.6 Å². The molecule has 3 nitrogen and oxygen atoms in total. The summed E-state index contributed by atoms with van der Waals surface area (Å²) < 4.78 is 8.50. The molecule has 1 atom stereocenters. The molecule has 0 radical (unpaired) electrons. The molecule has 0 aliphatic heterocycles. The number of carboxylic acids is 1. The van der Waals surface area contributed by atoms with Crippen LogP contribution in [0.15, 0.2) is 77.3 Å². The molecule has 4 aromatic carbocycles. The van der Waals surface area contributed by atoms with E-state index in [4.69, 9.17) is 4.74 Å². The van der Waals surface area contributed by atoms with Crippen molar-refractivity contribution in [3.63, 3.8) is 0 Å². The average Bonchev–Trinajstić information content (AvgIpc) is 3.19. The van der Waals surface area contributed by atoms with Crippen LogP contribution in [0.1, 0.15) is 28.5 Å². The number of aliphatic carboxylic acids is 1. The molecule has 36 heavy (non-hydrogen) atoms. The highest BCUT2D eigenvalue weighted by molar-refractivity contribution is 9.11. The third-order valence-corrected chi connectivity index (χ3v) is 9.12. The van der Waals surface area contributed by atoms with Gasteiger partial charge < -0.3 is 9.84 Å². The normalized spacial score (nSPS) is 12.2. The molecule has 5 rings (SSSR count). The number of hydrogen-bond acceptors (Lipinski definition) is 3. The molecule has 0 unspecified atom stereocenters. The quantitative estimate of drug-likeness (QED) is 0.217. The van der Waals surface area contributed by atoms with Crippen LogP contribution in [0.2, 0.25) is 0 Å². The first-order valence-electron chi connectivity index (χ1n) is 12.1. The summed E-state index contributed by atoms with van der Waals surface area (Å²) >= 11 is 5.70. The van der Waals surface area contributed by atoms with Gasteiger partial charge in [-0.1, -0.05) is 67.6 Å². The molecule has 0 saturated carbocycles. The molecule has 1 heterocycles. The fourth-order valence-electron chi connectivity index (χ4n) is 4.82. The van der Waals surface area contributed by atoms with Gasteiger partial charge in [0.1, 0.15) is 5.75 Å². The zero-order valence-corrected chi connectivity index (χ0v) is 22.9. The number of carboxylic acid groups (broad SMARTS) is 1. The molecule has 1 aromatic heterocycles.